The molecule has 2 aliphatic heterocycles. The smallest absolute Gasteiger partial charge is 0.325 e. The standard InChI is InChI=1S/C7H11N5O2/c1-11-3-9-4-7(11,8)5(13)10-6(14)12(4)2/h3-4H,8H2,1-2H3,(H,10,13,14)/t4-,7+/m0/s1. The molecule has 3 amide bonds. The molecule has 2 aliphatic rings. The average Bonchev–Trinajstić information content (AvgIpc) is 2.42. The Hall–Kier alpha value is -1.63. The molecule has 2 rings (SSSR count). The number of carbonyl (C=O) groups is 2. The number of hydrogen-bond donors (Lipinski definition) is 2. The van der Waals surface area contributed by atoms with E-state index in [0.717, 1.165) is 0 Å². The van der Waals surface area contributed by atoms with Crippen molar-refractivity contribution >= 4 is 18.3 Å². The molecular weight excluding hydrogens is 186 g/mol. The first-order valence-electron chi connectivity index (χ1n) is 4.11. The van der Waals surface area contributed by atoms with Gasteiger partial charge in [-0.25, -0.2) is 9.79 Å². The summed E-state index contributed by atoms with van der Waals surface area (Å²) in [5.74, 6) is -0.523. The molecule has 76 valence electrons. The number of likely N-dealkylation sites (N-methyl/N-ethyl adjacent to an activating group) is 2. The summed E-state index contributed by atoms with van der Waals surface area (Å²) in [6, 6.07) is -0.478. The molecule has 0 saturated carbocycles. The Morgan fingerprint density at radius 1 is 1.57 bits per heavy atom. The Bertz CT molecular complexity index is 341. The molecule has 7 heteroatoms. The van der Waals surface area contributed by atoms with E-state index < -0.39 is 23.8 Å². The second-order valence-electron chi connectivity index (χ2n) is 3.44. The molecule has 7 nitrogen and oxygen atoms in total. The summed E-state index contributed by atoms with van der Waals surface area (Å²) in [5, 5.41) is 2.17. The van der Waals surface area contributed by atoms with E-state index in [0.29, 0.717) is 0 Å². The zero-order valence-corrected chi connectivity index (χ0v) is 7.89. The van der Waals surface area contributed by atoms with Crippen LogP contribution < -0.4 is 11.1 Å². The molecule has 0 aliphatic carbocycles. The summed E-state index contributed by atoms with van der Waals surface area (Å²) in [6.07, 6.45) is 0.813. The summed E-state index contributed by atoms with van der Waals surface area (Å²) in [5.41, 5.74) is 4.62. The predicted octanol–water partition coefficient (Wildman–Crippen LogP) is -1.88. The van der Waals surface area contributed by atoms with E-state index in [1.165, 1.54) is 16.1 Å². The van der Waals surface area contributed by atoms with Crippen LogP contribution in [0.15, 0.2) is 4.99 Å². The van der Waals surface area contributed by atoms with Gasteiger partial charge < -0.3 is 9.80 Å². The van der Waals surface area contributed by atoms with Crippen LogP contribution in [0, 0.1) is 0 Å². The van der Waals surface area contributed by atoms with Crippen molar-refractivity contribution in [2.75, 3.05) is 14.1 Å². The van der Waals surface area contributed by atoms with E-state index in [1.807, 2.05) is 0 Å². The fourth-order valence-corrected chi connectivity index (χ4v) is 1.62. The number of fused-ring (bicyclic) bond motifs is 1. The van der Waals surface area contributed by atoms with Gasteiger partial charge >= 0.3 is 6.03 Å². The highest BCUT2D eigenvalue weighted by Crippen LogP contribution is 2.25. The van der Waals surface area contributed by atoms with Crippen LogP contribution >= 0.6 is 0 Å². The maximum Gasteiger partial charge on any atom is 0.325 e. The van der Waals surface area contributed by atoms with Crippen LogP contribution in [0.25, 0.3) is 0 Å². The van der Waals surface area contributed by atoms with Gasteiger partial charge in [0.25, 0.3) is 5.91 Å². The minimum Gasteiger partial charge on any atom is -0.337 e. The number of aliphatic imine (C=N–C) groups is 1. The molecule has 3 N–H and O–H groups in total. The lowest BCUT2D eigenvalue weighted by Crippen LogP contribution is -2.75. The number of hydrogen-bond acceptors (Lipinski definition) is 5. The van der Waals surface area contributed by atoms with Crippen molar-refractivity contribution in [1.82, 2.24) is 15.1 Å². The van der Waals surface area contributed by atoms with Crippen LogP contribution in [0.2, 0.25) is 0 Å². The van der Waals surface area contributed by atoms with Crippen LogP contribution in [0.1, 0.15) is 0 Å². The van der Waals surface area contributed by atoms with E-state index >= 15 is 0 Å². The highest BCUT2D eigenvalue weighted by Gasteiger charge is 2.55. The largest absolute Gasteiger partial charge is 0.337 e. The Labute approximate surface area is 80.5 Å². The van der Waals surface area contributed by atoms with E-state index in [9.17, 15) is 9.59 Å². The number of urea groups is 1. The average molecular weight is 197 g/mol. The molecule has 0 spiro atoms. The fourth-order valence-electron chi connectivity index (χ4n) is 1.62. The lowest BCUT2D eigenvalue weighted by Gasteiger charge is -2.41. The highest BCUT2D eigenvalue weighted by molar-refractivity contribution is 6.04. The van der Waals surface area contributed by atoms with Gasteiger partial charge in [0, 0.05) is 14.1 Å². The predicted molar refractivity (Wildman–Crippen MR) is 48.3 cm³/mol. The molecular formula is C7H11N5O2. The third-order valence-corrected chi connectivity index (χ3v) is 2.63. The lowest BCUT2D eigenvalue weighted by atomic mass is 10.0. The number of nitrogens with zero attached hydrogens (tertiary/aromatic N) is 3. The second-order valence-corrected chi connectivity index (χ2v) is 3.44. The second kappa shape index (κ2) is 2.44. The van der Waals surface area contributed by atoms with Gasteiger partial charge in [0.2, 0.25) is 5.66 Å². The van der Waals surface area contributed by atoms with Crippen molar-refractivity contribution in [2.45, 2.75) is 11.8 Å². The van der Waals surface area contributed by atoms with Crippen LogP contribution in [-0.4, -0.2) is 54.0 Å². The quantitative estimate of drug-likeness (QED) is 0.475. The van der Waals surface area contributed by atoms with Crippen LogP contribution in [0.4, 0.5) is 4.79 Å². The van der Waals surface area contributed by atoms with Gasteiger partial charge in [0.1, 0.15) is 0 Å². The Kier molecular flexibility index (Phi) is 1.56. The van der Waals surface area contributed by atoms with Crippen molar-refractivity contribution in [3.05, 3.63) is 0 Å². The van der Waals surface area contributed by atoms with Crippen LogP contribution in [-0.2, 0) is 4.79 Å². The van der Waals surface area contributed by atoms with Crippen LogP contribution in [0.5, 0.6) is 0 Å². The zero-order valence-electron chi connectivity index (χ0n) is 7.89. The number of imide groups is 1. The third kappa shape index (κ3) is 0.818. The minimum atomic E-state index is -1.28. The van der Waals surface area contributed by atoms with E-state index in [2.05, 4.69) is 10.3 Å². The molecule has 0 bridgehead atoms. The number of carbonyl (C=O) groups excluding carboxylic acids is 2. The first-order valence-corrected chi connectivity index (χ1v) is 4.11. The van der Waals surface area contributed by atoms with Crippen molar-refractivity contribution in [3.63, 3.8) is 0 Å². The number of rotatable bonds is 0. The van der Waals surface area contributed by atoms with Crippen molar-refractivity contribution < 1.29 is 9.59 Å². The maximum absolute atomic E-state index is 11.6. The molecule has 2 heterocycles. The molecule has 0 radical (unpaired) electrons. The summed E-state index contributed by atoms with van der Waals surface area (Å²) in [4.78, 5) is 29.6. The number of nitrogens with two attached hydrogens (primary N) is 1. The Morgan fingerprint density at radius 2 is 2.21 bits per heavy atom. The van der Waals surface area contributed by atoms with E-state index in [4.69, 9.17) is 5.73 Å². The van der Waals surface area contributed by atoms with Gasteiger partial charge in [-0.15, -0.1) is 0 Å². The Morgan fingerprint density at radius 3 is 2.86 bits per heavy atom. The first kappa shape index (κ1) is 8.95. The molecule has 2 atom stereocenters. The minimum absolute atomic E-state index is 0.478. The molecule has 0 aromatic rings. The summed E-state index contributed by atoms with van der Waals surface area (Å²) in [7, 11) is 3.19. The van der Waals surface area contributed by atoms with E-state index in [-0.39, 0.29) is 0 Å². The lowest BCUT2D eigenvalue weighted by molar-refractivity contribution is -0.133. The topological polar surface area (TPSA) is 91.0 Å². The highest BCUT2D eigenvalue weighted by atomic mass is 16.2. The van der Waals surface area contributed by atoms with Crippen molar-refractivity contribution in [3.8, 4) is 0 Å². The molecule has 0 aromatic heterocycles. The summed E-state index contributed by atoms with van der Waals surface area (Å²) >= 11 is 0. The summed E-state index contributed by atoms with van der Waals surface area (Å²) in [6.45, 7) is 0. The van der Waals surface area contributed by atoms with Gasteiger partial charge in [0.15, 0.2) is 6.17 Å². The third-order valence-electron chi connectivity index (χ3n) is 2.63. The monoisotopic (exact) mass is 197 g/mol. The molecule has 0 aromatic carbocycles. The Balaban J connectivity index is 2.43. The van der Waals surface area contributed by atoms with Gasteiger partial charge in [0.05, 0.1) is 6.34 Å². The fraction of sp³-hybridized carbons (Fsp3) is 0.571. The molecule has 1 saturated heterocycles. The normalized spacial score (nSPS) is 36.1. The SMILES string of the molecule is CN1C(=O)NC(=O)[C@@]2(N)[C@H]1N=CN2C. The van der Waals surface area contributed by atoms with Crippen molar-refractivity contribution in [2.24, 2.45) is 10.7 Å². The van der Waals surface area contributed by atoms with Gasteiger partial charge in [-0.2, -0.15) is 0 Å². The summed E-state index contributed by atoms with van der Waals surface area (Å²) < 4.78 is 0. The van der Waals surface area contributed by atoms with Gasteiger partial charge in [-0.1, -0.05) is 0 Å². The molecule has 1 fully saturated rings. The first-order chi connectivity index (χ1) is 6.48. The van der Waals surface area contributed by atoms with Gasteiger partial charge in [-0.05, 0) is 0 Å². The van der Waals surface area contributed by atoms with Crippen LogP contribution in [0.3, 0.4) is 0 Å². The number of amides is 3. The molecule has 0 unspecified atom stereocenters. The maximum atomic E-state index is 11.6. The number of nitrogens with one attached hydrogen (secondary N) is 1. The zero-order chi connectivity index (χ0) is 10.5. The van der Waals surface area contributed by atoms with Gasteiger partial charge in [-0.3, -0.25) is 15.8 Å². The van der Waals surface area contributed by atoms with E-state index in [1.54, 1.807) is 14.1 Å². The molecule has 14 heavy (non-hydrogen) atoms. The van der Waals surface area contributed by atoms with Crippen molar-refractivity contribution in [1.29, 1.82) is 0 Å².